The highest BCUT2D eigenvalue weighted by Crippen LogP contribution is 2.24. The first-order valence-electron chi connectivity index (χ1n) is 7.80. The third-order valence-corrected chi connectivity index (χ3v) is 3.81. The fourth-order valence-electron chi connectivity index (χ4n) is 1.85. The van der Waals surface area contributed by atoms with Gasteiger partial charge in [0.05, 0.1) is 10.7 Å². The lowest BCUT2D eigenvalue weighted by molar-refractivity contribution is -0.384. The summed E-state index contributed by atoms with van der Waals surface area (Å²) in [6.07, 6.45) is 6.53. The monoisotopic (exact) mass is 408 g/mol. The summed E-state index contributed by atoms with van der Waals surface area (Å²) in [5.41, 5.74) is 11.5. The SMILES string of the molecule is CCS(=O)(=O)O.NC(N)=N/N=C/C=C/c1cccn1-c1ccccc1[N+](=O)[O-]. The van der Waals surface area contributed by atoms with Crippen molar-refractivity contribution >= 4 is 34.1 Å². The molecule has 0 spiro atoms. The highest BCUT2D eigenvalue weighted by molar-refractivity contribution is 7.85. The van der Waals surface area contributed by atoms with Crippen molar-refractivity contribution in [2.24, 2.45) is 21.7 Å². The molecule has 0 fully saturated rings. The van der Waals surface area contributed by atoms with Gasteiger partial charge >= 0.3 is 0 Å². The molecule has 150 valence electrons. The van der Waals surface area contributed by atoms with Crippen LogP contribution in [-0.2, 0) is 10.1 Å². The second-order valence-electron chi connectivity index (χ2n) is 5.07. The summed E-state index contributed by atoms with van der Waals surface area (Å²) in [7, 11) is -3.66. The summed E-state index contributed by atoms with van der Waals surface area (Å²) in [6.45, 7) is 1.37. The molecular formula is C16H20N6O5S. The number of allylic oxidation sites excluding steroid dienone is 1. The topological polar surface area (TPSA) is 179 Å². The molecule has 0 saturated carbocycles. The minimum Gasteiger partial charge on any atom is -0.369 e. The lowest BCUT2D eigenvalue weighted by atomic mass is 10.2. The molecule has 1 aromatic carbocycles. The number of hydrogen-bond donors (Lipinski definition) is 3. The maximum Gasteiger partial charge on any atom is 0.293 e. The van der Waals surface area contributed by atoms with Crippen LogP contribution in [0.1, 0.15) is 12.6 Å². The van der Waals surface area contributed by atoms with E-state index in [0.717, 1.165) is 5.69 Å². The van der Waals surface area contributed by atoms with Gasteiger partial charge in [0.15, 0.2) is 0 Å². The van der Waals surface area contributed by atoms with Gasteiger partial charge in [-0.25, -0.2) is 0 Å². The molecule has 1 heterocycles. The molecule has 11 nitrogen and oxygen atoms in total. The average Bonchev–Trinajstić information content (AvgIpc) is 3.09. The van der Waals surface area contributed by atoms with Crippen LogP contribution in [0.3, 0.4) is 0 Å². The second-order valence-corrected chi connectivity index (χ2v) is 6.81. The molecule has 0 amide bonds. The summed E-state index contributed by atoms with van der Waals surface area (Å²) in [5, 5.41) is 18.2. The predicted molar refractivity (Wildman–Crippen MR) is 108 cm³/mol. The van der Waals surface area contributed by atoms with Crippen LogP contribution in [-0.4, -0.2) is 40.4 Å². The Labute approximate surface area is 161 Å². The van der Waals surface area contributed by atoms with Gasteiger partial charge in [0.1, 0.15) is 5.69 Å². The molecule has 12 heteroatoms. The Hall–Kier alpha value is -3.51. The number of guanidine groups is 1. The first-order valence-corrected chi connectivity index (χ1v) is 9.41. The molecule has 0 aliphatic heterocycles. The van der Waals surface area contributed by atoms with Crippen molar-refractivity contribution in [3.63, 3.8) is 0 Å². The third-order valence-electron chi connectivity index (χ3n) is 3.08. The molecule has 1 aromatic heterocycles. The number of benzene rings is 1. The molecule has 2 rings (SSSR count). The molecule has 0 aliphatic carbocycles. The zero-order valence-corrected chi connectivity index (χ0v) is 15.7. The molecule has 5 N–H and O–H groups in total. The molecule has 0 saturated heterocycles. The second kappa shape index (κ2) is 10.6. The standard InChI is InChI=1S/C14H14N6O2.C2H6O3S/c15-14(16)18-17-9-3-5-11-6-4-10-19(11)12-7-1-2-8-13(12)20(21)22;1-2-6(3,4)5/h1-10H,(H4,15,16,18);2H2,1H3,(H,3,4,5)/b5-3+,17-9+;. The number of nitrogens with two attached hydrogens (primary N) is 2. The number of nitro benzene ring substituents is 1. The van der Waals surface area contributed by atoms with Gasteiger partial charge in [-0.3, -0.25) is 14.7 Å². The highest BCUT2D eigenvalue weighted by atomic mass is 32.2. The van der Waals surface area contributed by atoms with Crippen LogP contribution in [0.4, 0.5) is 5.69 Å². The van der Waals surface area contributed by atoms with Gasteiger partial charge in [-0.05, 0) is 37.3 Å². The summed E-state index contributed by atoms with van der Waals surface area (Å²) < 4.78 is 28.6. The summed E-state index contributed by atoms with van der Waals surface area (Å²) in [5.74, 6) is -0.333. The lowest BCUT2D eigenvalue weighted by Crippen LogP contribution is -2.21. The number of rotatable bonds is 6. The van der Waals surface area contributed by atoms with E-state index in [1.165, 1.54) is 19.2 Å². The predicted octanol–water partition coefficient (Wildman–Crippen LogP) is 1.55. The van der Waals surface area contributed by atoms with Crippen molar-refractivity contribution in [1.29, 1.82) is 0 Å². The molecule has 0 unspecified atom stereocenters. The largest absolute Gasteiger partial charge is 0.369 e. The van der Waals surface area contributed by atoms with Crippen LogP contribution in [0.5, 0.6) is 0 Å². The van der Waals surface area contributed by atoms with E-state index in [2.05, 4.69) is 10.2 Å². The van der Waals surface area contributed by atoms with Crippen molar-refractivity contribution in [1.82, 2.24) is 4.57 Å². The molecule has 0 radical (unpaired) electrons. The fourth-order valence-corrected chi connectivity index (χ4v) is 1.85. The van der Waals surface area contributed by atoms with E-state index in [1.54, 1.807) is 47.2 Å². The number of aromatic nitrogens is 1. The number of nitro groups is 1. The summed E-state index contributed by atoms with van der Waals surface area (Å²) >= 11 is 0. The van der Waals surface area contributed by atoms with Crippen molar-refractivity contribution in [3.05, 3.63) is 64.5 Å². The average molecular weight is 408 g/mol. The zero-order valence-electron chi connectivity index (χ0n) is 14.9. The van der Waals surface area contributed by atoms with Gasteiger partial charge in [0.25, 0.3) is 15.8 Å². The Morgan fingerprint density at radius 2 is 1.93 bits per heavy atom. The molecule has 0 aliphatic rings. The van der Waals surface area contributed by atoms with E-state index in [4.69, 9.17) is 16.0 Å². The van der Waals surface area contributed by atoms with Crippen LogP contribution in [0.15, 0.2) is 58.9 Å². The van der Waals surface area contributed by atoms with E-state index >= 15 is 0 Å². The Bertz CT molecular complexity index is 990. The zero-order chi connectivity index (χ0) is 21.2. The van der Waals surface area contributed by atoms with Gasteiger partial charge < -0.3 is 16.0 Å². The number of nitrogens with zero attached hydrogens (tertiary/aromatic N) is 4. The number of para-hydroxylation sites is 2. The fraction of sp³-hybridized carbons (Fsp3) is 0.125. The first kappa shape index (κ1) is 22.5. The molecule has 2 aromatic rings. The maximum atomic E-state index is 11.1. The van der Waals surface area contributed by atoms with Crippen LogP contribution < -0.4 is 11.5 Å². The van der Waals surface area contributed by atoms with E-state index < -0.39 is 15.0 Å². The van der Waals surface area contributed by atoms with Crippen LogP contribution in [0.2, 0.25) is 0 Å². The highest BCUT2D eigenvalue weighted by Gasteiger charge is 2.14. The molecule has 0 atom stereocenters. The summed E-state index contributed by atoms with van der Waals surface area (Å²) in [6, 6.07) is 10.1. The Morgan fingerprint density at radius 1 is 1.29 bits per heavy atom. The van der Waals surface area contributed by atoms with Gasteiger partial charge in [-0.2, -0.15) is 13.5 Å². The van der Waals surface area contributed by atoms with E-state index in [-0.39, 0.29) is 17.4 Å². The van der Waals surface area contributed by atoms with Gasteiger partial charge in [-0.15, -0.1) is 5.10 Å². The van der Waals surface area contributed by atoms with E-state index in [9.17, 15) is 18.5 Å². The van der Waals surface area contributed by atoms with E-state index in [1.807, 2.05) is 6.07 Å². The smallest absolute Gasteiger partial charge is 0.293 e. The molecule has 0 bridgehead atoms. The number of hydrogen-bond acceptors (Lipinski definition) is 6. The molecule has 28 heavy (non-hydrogen) atoms. The normalized spacial score (nSPS) is 11.2. The Kier molecular flexibility index (Phi) is 8.52. The van der Waals surface area contributed by atoms with Crippen molar-refractivity contribution in [2.75, 3.05) is 5.75 Å². The Balaban J connectivity index is 0.000000568. The minimum absolute atomic E-state index is 0.0301. The van der Waals surface area contributed by atoms with Crippen LogP contribution >= 0.6 is 0 Å². The quantitative estimate of drug-likeness (QED) is 0.213. The molecular weight excluding hydrogens is 388 g/mol. The van der Waals surface area contributed by atoms with Crippen LogP contribution in [0.25, 0.3) is 11.8 Å². The minimum atomic E-state index is -3.66. The maximum absolute atomic E-state index is 11.1. The van der Waals surface area contributed by atoms with Crippen LogP contribution in [0, 0.1) is 10.1 Å². The lowest BCUT2D eigenvalue weighted by Gasteiger charge is -2.06. The van der Waals surface area contributed by atoms with Gasteiger partial charge in [0.2, 0.25) is 5.96 Å². The van der Waals surface area contributed by atoms with E-state index in [0.29, 0.717) is 5.69 Å². The van der Waals surface area contributed by atoms with Crippen molar-refractivity contribution in [2.45, 2.75) is 6.92 Å². The van der Waals surface area contributed by atoms with Gasteiger partial charge in [-0.1, -0.05) is 12.1 Å². The van der Waals surface area contributed by atoms with Crippen molar-refractivity contribution < 1.29 is 17.9 Å². The first-order chi connectivity index (χ1) is 13.2. The third kappa shape index (κ3) is 7.80. The van der Waals surface area contributed by atoms with Crippen molar-refractivity contribution in [3.8, 4) is 5.69 Å². The summed E-state index contributed by atoms with van der Waals surface area (Å²) in [4.78, 5) is 10.7. The van der Waals surface area contributed by atoms with Gasteiger partial charge in [0, 0.05) is 24.2 Å². The Morgan fingerprint density at radius 3 is 2.50 bits per heavy atom.